The molecule has 1 aliphatic heterocycles. The highest BCUT2D eigenvalue weighted by Crippen LogP contribution is 2.47. The number of allylic oxidation sites excluding steroid dienone is 1. The molecule has 1 aliphatic carbocycles. The van der Waals surface area contributed by atoms with Gasteiger partial charge in [0.05, 0.1) is 31.2 Å². The van der Waals surface area contributed by atoms with Crippen molar-refractivity contribution in [2.45, 2.75) is 64.5 Å². The Morgan fingerprint density at radius 2 is 1.53 bits per heavy atom. The van der Waals surface area contributed by atoms with Gasteiger partial charge in [-0.1, -0.05) is 135 Å². The van der Waals surface area contributed by atoms with Gasteiger partial charge in [0.15, 0.2) is 0 Å². The third-order valence-corrected chi connectivity index (χ3v) is 16.8. The first-order chi connectivity index (χ1) is 26.4. The molecule has 4 atom stereocenters. The molecule has 0 unspecified atom stereocenters. The van der Waals surface area contributed by atoms with E-state index in [0.29, 0.717) is 30.5 Å². The minimum Gasteiger partial charge on any atom is -0.507 e. The number of aromatic hydroxyl groups is 1. The zero-order chi connectivity index (χ0) is 39.3. The lowest BCUT2D eigenvalue weighted by Crippen LogP contribution is -2.66. The number of imide groups is 1. The highest BCUT2D eigenvalue weighted by atomic mass is 79.9. The largest absolute Gasteiger partial charge is 0.507 e. The Kier molecular flexibility index (Phi) is 12.8. The summed E-state index contributed by atoms with van der Waals surface area (Å²) in [4.78, 5) is 29.2. The van der Waals surface area contributed by atoms with E-state index < -0.39 is 32.2 Å². The van der Waals surface area contributed by atoms with Crippen molar-refractivity contribution < 1.29 is 29.3 Å². The molecule has 288 valence electrons. The molecule has 6 rings (SSSR count). The van der Waals surface area contributed by atoms with Gasteiger partial charge in [-0.2, -0.15) is 0 Å². The lowest BCUT2D eigenvalue weighted by atomic mass is 9.68. The number of rotatable bonds is 14. The molecule has 4 aromatic carbocycles. The normalized spacial score (nSPS) is 19.9. The number of carbonyl (C=O) groups is 2. The number of benzene rings is 4. The third kappa shape index (κ3) is 8.23. The van der Waals surface area contributed by atoms with E-state index in [-0.39, 0.29) is 48.7 Å². The lowest BCUT2D eigenvalue weighted by Gasteiger charge is -2.44. The fourth-order valence-corrected chi connectivity index (χ4v) is 13.7. The molecule has 2 amide bonds. The summed E-state index contributed by atoms with van der Waals surface area (Å²) in [5.74, 6) is -2.49. The molecule has 1 fully saturated rings. The van der Waals surface area contributed by atoms with Crippen LogP contribution >= 0.6 is 15.9 Å². The monoisotopic (exact) mass is 821 g/mol. The van der Waals surface area contributed by atoms with Crippen molar-refractivity contribution in [3.63, 3.8) is 0 Å². The van der Waals surface area contributed by atoms with Gasteiger partial charge in [-0.05, 0) is 87.7 Å². The summed E-state index contributed by atoms with van der Waals surface area (Å²) in [6.07, 6.45) is 2.51. The molecule has 9 heteroatoms. The van der Waals surface area contributed by atoms with Crippen LogP contribution in [0.15, 0.2) is 125 Å². The van der Waals surface area contributed by atoms with Gasteiger partial charge in [-0.25, -0.2) is 0 Å². The Morgan fingerprint density at radius 1 is 0.927 bits per heavy atom. The second-order valence-corrected chi connectivity index (χ2v) is 21.0. The van der Waals surface area contributed by atoms with Gasteiger partial charge in [-0.3, -0.25) is 14.5 Å². The number of carbonyl (C=O) groups excluding carboxylic acids is 2. The summed E-state index contributed by atoms with van der Waals surface area (Å²) < 4.78 is 8.23. The maximum Gasteiger partial charge on any atom is 0.261 e. The van der Waals surface area contributed by atoms with E-state index in [1.165, 1.54) is 4.90 Å². The van der Waals surface area contributed by atoms with E-state index in [4.69, 9.17) is 4.43 Å². The highest BCUT2D eigenvalue weighted by molar-refractivity contribution is 9.10. The van der Waals surface area contributed by atoms with Crippen molar-refractivity contribution in [1.82, 2.24) is 4.90 Å². The number of amides is 2. The van der Waals surface area contributed by atoms with Gasteiger partial charge >= 0.3 is 0 Å². The number of phenolic OH excluding ortho intramolecular Hbond substituents is 1. The Morgan fingerprint density at radius 3 is 2.09 bits per heavy atom. The van der Waals surface area contributed by atoms with Gasteiger partial charge < -0.3 is 19.7 Å². The van der Waals surface area contributed by atoms with Crippen LogP contribution in [-0.4, -0.2) is 66.2 Å². The van der Waals surface area contributed by atoms with Crippen LogP contribution in [0.2, 0.25) is 5.04 Å². The molecule has 0 aromatic heterocycles. The molecule has 0 saturated carbocycles. The molecule has 0 spiro atoms. The summed E-state index contributed by atoms with van der Waals surface area (Å²) in [5.41, 5.74) is 3.87. The second kappa shape index (κ2) is 17.3. The van der Waals surface area contributed by atoms with Crippen LogP contribution in [0.4, 0.5) is 0 Å². The number of nitrogens with zero attached hydrogens (tertiary/aromatic N) is 1. The molecule has 7 nitrogen and oxygen atoms in total. The first-order valence-electron chi connectivity index (χ1n) is 19.3. The first-order valence-corrected chi connectivity index (χ1v) is 22.0. The van der Waals surface area contributed by atoms with Crippen LogP contribution in [0.5, 0.6) is 5.75 Å². The molecule has 0 radical (unpaired) electrons. The van der Waals surface area contributed by atoms with Crippen molar-refractivity contribution in [1.29, 1.82) is 0 Å². The Bertz CT molecular complexity index is 1990. The van der Waals surface area contributed by atoms with E-state index in [0.717, 1.165) is 31.6 Å². The van der Waals surface area contributed by atoms with E-state index in [1.807, 2.05) is 85.8 Å². The highest BCUT2D eigenvalue weighted by Gasteiger charge is 2.56. The average molecular weight is 823 g/mol. The van der Waals surface area contributed by atoms with E-state index in [9.17, 15) is 24.9 Å². The predicted octanol–water partition coefficient (Wildman–Crippen LogP) is 7.73. The van der Waals surface area contributed by atoms with Crippen LogP contribution in [0.25, 0.3) is 11.6 Å². The number of fused-ring (bicyclic) bond motifs is 1. The Balaban J connectivity index is 1.44. The van der Waals surface area contributed by atoms with Crippen molar-refractivity contribution in [2.24, 2.45) is 17.8 Å². The molecule has 2 aliphatic rings. The zero-order valence-corrected chi connectivity index (χ0v) is 34.7. The van der Waals surface area contributed by atoms with Crippen LogP contribution in [-0.2, 0) is 14.0 Å². The number of phenols is 1. The van der Waals surface area contributed by atoms with Crippen LogP contribution < -0.4 is 10.4 Å². The lowest BCUT2D eigenvalue weighted by molar-refractivity contribution is -0.140. The van der Waals surface area contributed by atoms with Crippen LogP contribution in [0.3, 0.4) is 0 Å². The van der Waals surface area contributed by atoms with Gasteiger partial charge in [0.25, 0.3) is 8.32 Å². The minimum atomic E-state index is -3.03. The maximum absolute atomic E-state index is 13.9. The standard InChI is InChI=1S/C46H52BrNO6Si/c1-5-25-48-44(52)38-28-34(30-54-55(46(2,3)4,36-17-11-7-12-18-36)37-19-13-8-14-20-37)42(39(29-49)43(38)45(48)53)41(51)23-21-32(31-15-9-6-10-16-31)26-33-27-35(47)22-24-40(33)50/h6-20,22,24,26-27,38-39,41,43,49-51H,5,21,23,25,28-30H2,1-4H3/b32-26-/t38-,39+,41-,43-/m1/s1. The topological polar surface area (TPSA) is 107 Å². The van der Waals surface area contributed by atoms with Crippen molar-refractivity contribution in [3.8, 4) is 5.75 Å². The summed E-state index contributed by atoms with van der Waals surface area (Å²) in [7, 11) is -3.03. The second-order valence-electron chi connectivity index (χ2n) is 15.8. The molecule has 1 saturated heterocycles. The molecular weight excluding hydrogens is 770 g/mol. The van der Waals surface area contributed by atoms with Crippen molar-refractivity contribution in [2.75, 3.05) is 19.8 Å². The zero-order valence-electron chi connectivity index (χ0n) is 32.1. The summed E-state index contributed by atoms with van der Waals surface area (Å²) >= 11 is 3.52. The molecule has 0 bridgehead atoms. The van der Waals surface area contributed by atoms with E-state index in [2.05, 4.69) is 61.0 Å². The number of hydrogen-bond donors (Lipinski definition) is 3. The van der Waals surface area contributed by atoms with Gasteiger partial charge in [0.1, 0.15) is 5.75 Å². The Hall–Kier alpha value is -4.12. The summed E-state index contributed by atoms with van der Waals surface area (Å²) in [6, 6.07) is 35.8. The minimum absolute atomic E-state index is 0.141. The van der Waals surface area contributed by atoms with Gasteiger partial charge in [-0.15, -0.1) is 0 Å². The Labute approximate surface area is 334 Å². The molecule has 4 aromatic rings. The SMILES string of the molecule is CCCN1C(=O)[C@@H]2[C@@H](CC(CO[Si](c3ccccc3)(c3ccccc3)C(C)(C)C)=C([C@H](O)CC/C(=C/c3cc(Br)ccc3O)c3ccccc3)[C@@H]2CO)C1=O. The van der Waals surface area contributed by atoms with Crippen LogP contribution in [0.1, 0.15) is 64.5 Å². The van der Waals surface area contributed by atoms with Gasteiger partial charge in [0, 0.05) is 22.5 Å². The van der Waals surface area contributed by atoms with Crippen molar-refractivity contribution in [3.05, 3.63) is 136 Å². The number of likely N-dealkylation sites (tertiary alicyclic amines) is 1. The van der Waals surface area contributed by atoms with Gasteiger partial charge in [0.2, 0.25) is 11.8 Å². The summed E-state index contributed by atoms with van der Waals surface area (Å²) in [6.45, 7) is 8.64. The molecule has 55 heavy (non-hydrogen) atoms. The van der Waals surface area contributed by atoms with Crippen molar-refractivity contribution >= 4 is 58.1 Å². The number of halogens is 1. The molecular formula is C46H52BrNO6Si. The summed E-state index contributed by atoms with van der Waals surface area (Å²) in [5, 5.41) is 36.1. The maximum atomic E-state index is 13.9. The van der Waals surface area contributed by atoms with Crippen LogP contribution in [0, 0.1) is 17.8 Å². The number of hydrogen-bond acceptors (Lipinski definition) is 6. The molecule has 3 N–H and O–H groups in total. The fourth-order valence-electron chi connectivity index (χ4n) is 8.79. The smallest absolute Gasteiger partial charge is 0.261 e. The third-order valence-electron chi connectivity index (χ3n) is 11.3. The average Bonchev–Trinajstić information content (AvgIpc) is 3.42. The predicted molar refractivity (Wildman–Crippen MR) is 225 cm³/mol. The number of aliphatic hydroxyl groups excluding tert-OH is 2. The fraction of sp³-hybridized carbons (Fsp3) is 0.348. The quantitative estimate of drug-likeness (QED) is 0.0521. The van der Waals surface area contributed by atoms with E-state index in [1.54, 1.807) is 12.1 Å². The number of aliphatic hydroxyl groups is 2. The molecule has 1 heterocycles. The first kappa shape index (κ1) is 40.5. The van der Waals surface area contributed by atoms with E-state index >= 15 is 0 Å².